The van der Waals surface area contributed by atoms with Crippen molar-refractivity contribution in [3.05, 3.63) is 35.9 Å². The van der Waals surface area contributed by atoms with Gasteiger partial charge in [0.15, 0.2) is 0 Å². The van der Waals surface area contributed by atoms with Gasteiger partial charge in [-0.1, -0.05) is 0 Å². The van der Waals surface area contributed by atoms with Crippen molar-refractivity contribution < 1.29 is 9.31 Å². The van der Waals surface area contributed by atoms with Crippen LogP contribution in [-0.4, -0.2) is 36.7 Å². The maximum atomic E-state index is 6.54. The molecule has 1 aromatic carbocycles. The van der Waals surface area contributed by atoms with Crippen molar-refractivity contribution in [1.29, 1.82) is 0 Å². The molecule has 1 aromatic rings. The first kappa shape index (κ1) is 26.3. The van der Waals surface area contributed by atoms with E-state index in [2.05, 4.69) is 78.8 Å². The van der Waals surface area contributed by atoms with E-state index in [1.54, 1.807) is 5.56 Å². The second kappa shape index (κ2) is 11.7. The van der Waals surface area contributed by atoms with Crippen molar-refractivity contribution >= 4 is 25.5 Å². The molecule has 1 heterocycles. The number of hydrogen-bond donors (Lipinski definition) is 0. The zero-order valence-electron chi connectivity index (χ0n) is 20.9. The van der Waals surface area contributed by atoms with Crippen LogP contribution < -0.4 is 0 Å². The van der Waals surface area contributed by atoms with E-state index in [9.17, 15) is 0 Å². The average molecular weight is 521 g/mol. The molecule has 0 radical (unpaired) electrons. The normalized spacial score (nSPS) is 19.2. The van der Waals surface area contributed by atoms with Crippen molar-refractivity contribution in [3.63, 3.8) is 0 Å². The van der Waals surface area contributed by atoms with Crippen molar-refractivity contribution in [2.24, 2.45) is 0 Å². The molecule has 0 bridgehead atoms. The van der Waals surface area contributed by atoms with Crippen LogP contribution in [0.25, 0.3) is 0 Å². The zero-order valence-corrected chi connectivity index (χ0v) is 23.8. The molecular formula is C26H47BO2Sn. The van der Waals surface area contributed by atoms with Gasteiger partial charge in [0.1, 0.15) is 0 Å². The van der Waals surface area contributed by atoms with Gasteiger partial charge >= 0.3 is 192 Å². The molecule has 1 unspecified atom stereocenters. The summed E-state index contributed by atoms with van der Waals surface area (Å²) in [6.45, 7) is 15.8. The Labute approximate surface area is 191 Å². The Bertz CT molecular complexity index is 579. The molecule has 1 fully saturated rings. The molecular weight excluding hydrogens is 474 g/mol. The molecule has 0 aliphatic carbocycles. The van der Waals surface area contributed by atoms with Gasteiger partial charge in [-0.05, 0) is 0 Å². The van der Waals surface area contributed by atoms with E-state index < -0.39 is 18.4 Å². The molecule has 1 atom stereocenters. The van der Waals surface area contributed by atoms with E-state index in [1.165, 1.54) is 51.8 Å². The first-order valence-electron chi connectivity index (χ1n) is 12.6. The van der Waals surface area contributed by atoms with E-state index in [4.69, 9.17) is 9.31 Å². The summed E-state index contributed by atoms with van der Waals surface area (Å²) in [7, 11) is -0.0823. The van der Waals surface area contributed by atoms with Crippen LogP contribution in [0.2, 0.25) is 19.6 Å². The summed E-state index contributed by atoms with van der Waals surface area (Å²) < 4.78 is 18.3. The van der Waals surface area contributed by atoms with Gasteiger partial charge in [0, 0.05) is 0 Å². The molecule has 1 aliphatic heterocycles. The maximum absolute atomic E-state index is 6.54. The monoisotopic (exact) mass is 522 g/mol. The number of benzene rings is 1. The Morgan fingerprint density at radius 3 is 1.60 bits per heavy atom. The number of rotatable bonds is 13. The fraction of sp³-hybridized carbons (Fsp3) is 0.769. The summed E-state index contributed by atoms with van der Waals surface area (Å²) in [6, 6.07) is 11.4. The van der Waals surface area contributed by atoms with Gasteiger partial charge in [-0.3, -0.25) is 0 Å². The van der Waals surface area contributed by atoms with Crippen LogP contribution in [0.15, 0.2) is 30.3 Å². The van der Waals surface area contributed by atoms with Gasteiger partial charge < -0.3 is 0 Å². The number of unbranched alkanes of at least 4 members (excludes halogenated alkanes) is 3. The van der Waals surface area contributed by atoms with Crippen molar-refractivity contribution in [1.82, 2.24) is 0 Å². The summed E-state index contributed by atoms with van der Waals surface area (Å²) >= 11 is -2.51. The Morgan fingerprint density at radius 1 is 0.767 bits per heavy atom. The molecule has 0 saturated carbocycles. The third kappa shape index (κ3) is 6.51. The molecule has 0 amide bonds. The summed E-state index contributed by atoms with van der Waals surface area (Å²) in [6.07, 6.45) is 9.19. The van der Waals surface area contributed by atoms with E-state index in [0.717, 1.165) is 6.32 Å². The average Bonchev–Trinajstić information content (AvgIpc) is 2.93. The molecule has 1 saturated heterocycles. The van der Waals surface area contributed by atoms with E-state index in [1.807, 2.05) is 0 Å². The Morgan fingerprint density at radius 2 is 1.20 bits per heavy atom. The molecule has 2 nitrogen and oxygen atoms in total. The predicted molar refractivity (Wildman–Crippen MR) is 135 cm³/mol. The number of hydrogen-bond acceptors (Lipinski definition) is 2. The van der Waals surface area contributed by atoms with Gasteiger partial charge in [0.25, 0.3) is 0 Å². The first-order valence-corrected chi connectivity index (χ1v) is 20.3. The van der Waals surface area contributed by atoms with E-state index >= 15 is 0 Å². The van der Waals surface area contributed by atoms with Crippen LogP contribution in [-0.2, 0) is 9.31 Å². The van der Waals surface area contributed by atoms with Crippen molar-refractivity contribution in [2.75, 3.05) is 0 Å². The van der Waals surface area contributed by atoms with Crippen LogP contribution in [0.3, 0.4) is 0 Å². The predicted octanol–water partition coefficient (Wildman–Crippen LogP) is 8.25. The van der Waals surface area contributed by atoms with Crippen LogP contribution in [0, 0.1) is 0 Å². The molecule has 170 valence electrons. The second-order valence-corrected chi connectivity index (χ2v) is 24.6. The SMILES string of the molecule is CCC[CH2][Sn]([CH2]CCC)([CH2]CCC)[CH](CB1OC(C)(C)C(C)(C)O1)c1ccccc1. The van der Waals surface area contributed by atoms with Crippen LogP contribution in [0.5, 0.6) is 0 Å². The van der Waals surface area contributed by atoms with Gasteiger partial charge in [-0.15, -0.1) is 0 Å². The van der Waals surface area contributed by atoms with Gasteiger partial charge in [0.05, 0.1) is 0 Å². The molecule has 0 aromatic heterocycles. The fourth-order valence-electron chi connectivity index (χ4n) is 5.16. The van der Waals surface area contributed by atoms with Crippen LogP contribution >= 0.6 is 0 Å². The zero-order chi connectivity index (χ0) is 22.3. The van der Waals surface area contributed by atoms with Crippen LogP contribution in [0.1, 0.15) is 96.5 Å². The molecule has 1 aliphatic rings. The standard InChI is InChI=1S/C14H20BO2.3C4H9.Sn/c1-13(2)14(3,4)17-15(16-13)11-10-12-8-6-5-7-9-12;3*1-3-4-2;/h5-10H,11H2,1-4H3;3*1,3-4H2,2H3;. The van der Waals surface area contributed by atoms with Crippen molar-refractivity contribution in [3.8, 4) is 0 Å². The summed E-state index contributed by atoms with van der Waals surface area (Å²) in [4.78, 5) is 0. The second-order valence-electron chi connectivity index (χ2n) is 10.6. The Kier molecular flexibility index (Phi) is 10.3. The van der Waals surface area contributed by atoms with E-state index in [0.29, 0.717) is 3.93 Å². The third-order valence-corrected chi connectivity index (χ3v) is 25.2. The van der Waals surface area contributed by atoms with Gasteiger partial charge in [-0.2, -0.15) is 0 Å². The summed E-state index contributed by atoms with van der Waals surface area (Å²) in [5.41, 5.74) is 1.08. The molecule has 0 spiro atoms. The van der Waals surface area contributed by atoms with Crippen molar-refractivity contribution in [2.45, 2.75) is 122 Å². The molecule has 0 N–H and O–H groups in total. The third-order valence-electron chi connectivity index (χ3n) is 7.76. The molecule has 30 heavy (non-hydrogen) atoms. The van der Waals surface area contributed by atoms with Gasteiger partial charge in [-0.25, -0.2) is 0 Å². The fourth-order valence-corrected chi connectivity index (χ4v) is 23.9. The Hall–Kier alpha value is 0.00364. The summed E-state index contributed by atoms with van der Waals surface area (Å²) in [5.74, 6) is 0. The van der Waals surface area contributed by atoms with Gasteiger partial charge in [0.2, 0.25) is 0 Å². The molecule has 2 rings (SSSR count). The quantitative estimate of drug-likeness (QED) is 0.244. The molecule has 4 heteroatoms. The van der Waals surface area contributed by atoms with Crippen LogP contribution in [0.4, 0.5) is 0 Å². The van der Waals surface area contributed by atoms with E-state index in [-0.39, 0.29) is 18.3 Å². The minimum atomic E-state index is -2.51. The summed E-state index contributed by atoms with van der Waals surface area (Å²) in [5, 5.41) is 0. The first-order chi connectivity index (χ1) is 14.2. The minimum absolute atomic E-state index is 0.0823. The topological polar surface area (TPSA) is 18.5 Å². The Balaban J connectivity index is 2.42.